The maximum Gasteiger partial charge on any atom is 0.407 e. The molecule has 1 amide bonds. The quantitative estimate of drug-likeness (QED) is 0.609. The number of benzene rings is 3. The second kappa shape index (κ2) is 8.30. The molecular weight excluding hydrogens is 386 g/mol. The van der Waals surface area contributed by atoms with E-state index < -0.39 is 6.09 Å². The lowest BCUT2D eigenvalue weighted by Gasteiger charge is -2.14. The van der Waals surface area contributed by atoms with Crippen LogP contribution in [0.5, 0.6) is 5.75 Å². The Kier molecular flexibility index (Phi) is 5.41. The number of amides is 1. The van der Waals surface area contributed by atoms with Crippen molar-refractivity contribution in [3.05, 3.63) is 88.4 Å². The van der Waals surface area contributed by atoms with Crippen molar-refractivity contribution in [1.82, 2.24) is 5.32 Å². The summed E-state index contributed by atoms with van der Waals surface area (Å²) in [5.74, 6) is 5.72. The lowest BCUT2D eigenvalue weighted by molar-refractivity contribution is 0.144. The van der Waals surface area contributed by atoms with Crippen molar-refractivity contribution in [1.29, 1.82) is 0 Å². The SMILES string of the molecule is O=C(NCC#Cc1cc(O)cc(Cl)c1)OCC1c2ccccc2-c2ccccc21. The maximum absolute atomic E-state index is 12.1. The van der Waals surface area contributed by atoms with E-state index in [2.05, 4.69) is 41.4 Å². The molecule has 0 unspecified atom stereocenters. The van der Waals surface area contributed by atoms with Crippen LogP contribution in [0.4, 0.5) is 4.79 Å². The first kappa shape index (κ1) is 18.9. The standard InChI is InChI=1S/C24H18ClNO3/c25-17-12-16(13-18(27)14-17)6-5-11-26-24(28)29-15-23-21-9-3-1-7-19(21)20-8-2-4-10-22(20)23/h1-4,7-10,12-14,23,27H,11,15H2,(H,26,28). The fourth-order valence-electron chi connectivity index (χ4n) is 3.56. The number of halogens is 1. The summed E-state index contributed by atoms with van der Waals surface area (Å²) in [5.41, 5.74) is 5.29. The van der Waals surface area contributed by atoms with E-state index in [0.717, 1.165) is 0 Å². The minimum atomic E-state index is -0.518. The van der Waals surface area contributed by atoms with Gasteiger partial charge in [-0.3, -0.25) is 0 Å². The average Bonchev–Trinajstić information content (AvgIpc) is 3.03. The summed E-state index contributed by atoms with van der Waals surface area (Å²) < 4.78 is 5.45. The molecule has 0 bridgehead atoms. The van der Waals surface area contributed by atoms with Crippen LogP contribution in [0.15, 0.2) is 66.7 Å². The third kappa shape index (κ3) is 4.21. The van der Waals surface area contributed by atoms with Crippen LogP contribution in [0.25, 0.3) is 11.1 Å². The number of alkyl carbamates (subject to hydrolysis) is 1. The summed E-state index contributed by atoms with van der Waals surface area (Å²) in [6.45, 7) is 0.388. The van der Waals surface area contributed by atoms with Gasteiger partial charge in [-0.05, 0) is 40.5 Å². The fraction of sp³-hybridized carbons (Fsp3) is 0.125. The summed E-state index contributed by atoms with van der Waals surface area (Å²) >= 11 is 5.87. The normalized spacial score (nSPS) is 11.8. The predicted molar refractivity (Wildman–Crippen MR) is 113 cm³/mol. The van der Waals surface area contributed by atoms with E-state index in [9.17, 15) is 9.90 Å². The van der Waals surface area contributed by atoms with Gasteiger partial charge in [0, 0.05) is 16.5 Å². The Morgan fingerprint density at radius 1 is 1.03 bits per heavy atom. The molecule has 1 aliphatic rings. The van der Waals surface area contributed by atoms with Gasteiger partial charge < -0.3 is 15.2 Å². The number of aromatic hydroxyl groups is 1. The van der Waals surface area contributed by atoms with Crippen molar-refractivity contribution in [2.75, 3.05) is 13.2 Å². The zero-order chi connectivity index (χ0) is 20.2. The van der Waals surface area contributed by atoms with E-state index in [1.54, 1.807) is 6.07 Å². The molecule has 3 aromatic rings. The first-order valence-electron chi connectivity index (χ1n) is 9.19. The Morgan fingerprint density at radius 2 is 1.69 bits per heavy atom. The van der Waals surface area contributed by atoms with E-state index >= 15 is 0 Å². The predicted octanol–water partition coefficient (Wildman–Crippen LogP) is 4.94. The van der Waals surface area contributed by atoms with Crippen molar-refractivity contribution in [3.63, 3.8) is 0 Å². The van der Waals surface area contributed by atoms with E-state index in [0.29, 0.717) is 10.6 Å². The highest BCUT2D eigenvalue weighted by molar-refractivity contribution is 6.30. The van der Waals surface area contributed by atoms with Gasteiger partial charge in [0.1, 0.15) is 12.4 Å². The third-order valence-corrected chi connectivity index (χ3v) is 5.00. The molecule has 0 aliphatic heterocycles. The Labute approximate surface area is 174 Å². The Hall–Kier alpha value is -3.42. The zero-order valence-corrected chi connectivity index (χ0v) is 16.2. The van der Waals surface area contributed by atoms with Gasteiger partial charge in [-0.1, -0.05) is 72.0 Å². The van der Waals surface area contributed by atoms with Crippen molar-refractivity contribution < 1.29 is 14.6 Å². The Bertz CT molecular complexity index is 1060. The smallest absolute Gasteiger partial charge is 0.407 e. The molecule has 4 rings (SSSR count). The van der Waals surface area contributed by atoms with Gasteiger partial charge in [-0.25, -0.2) is 4.79 Å². The number of phenolic OH excluding ortho intramolecular Hbond substituents is 1. The molecule has 29 heavy (non-hydrogen) atoms. The highest BCUT2D eigenvalue weighted by Gasteiger charge is 2.28. The minimum Gasteiger partial charge on any atom is -0.508 e. The van der Waals surface area contributed by atoms with E-state index in [4.69, 9.17) is 16.3 Å². The largest absolute Gasteiger partial charge is 0.508 e. The molecule has 0 saturated carbocycles. The molecular formula is C24H18ClNO3. The summed E-state index contributed by atoms with van der Waals surface area (Å²) in [6, 6.07) is 21.0. The number of hydrogen-bond acceptors (Lipinski definition) is 3. The summed E-state index contributed by atoms with van der Waals surface area (Å²) in [7, 11) is 0. The molecule has 0 radical (unpaired) electrons. The number of fused-ring (bicyclic) bond motifs is 3. The van der Waals surface area contributed by atoms with Gasteiger partial charge in [-0.15, -0.1) is 0 Å². The third-order valence-electron chi connectivity index (χ3n) is 4.78. The molecule has 5 heteroatoms. The summed E-state index contributed by atoms with van der Waals surface area (Å²) in [6.07, 6.45) is -0.518. The molecule has 0 atom stereocenters. The molecule has 4 nitrogen and oxygen atoms in total. The molecule has 1 aliphatic carbocycles. The minimum absolute atomic E-state index is 0.0219. The monoisotopic (exact) mass is 403 g/mol. The van der Waals surface area contributed by atoms with Crippen LogP contribution in [0.1, 0.15) is 22.6 Å². The zero-order valence-electron chi connectivity index (χ0n) is 15.5. The van der Waals surface area contributed by atoms with Crippen molar-refractivity contribution in [3.8, 4) is 28.7 Å². The van der Waals surface area contributed by atoms with Crippen molar-refractivity contribution in [2.24, 2.45) is 0 Å². The second-order valence-corrected chi connectivity index (χ2v) is 7.12. The van der Waals surface area contributed by atoms with Gasteiger partial charge >= 0.3 is 6.09 Å². The summed E-state index contributed by atoms with van der Waals surface area (Å²) in [5, 5.41) is 12.5. The van der Waals surface area contributed by atoms with Gasteiger partial charge in [0.25, 0.3) is 0 Å². The van der Waals surface area contributed by atoms with E-state index in [1.165, 1.54) is 34.4 Å². The number of rotatable bonds is 3. The van der Waals surface area contributed by atoms with Crippen LogP contribution in [-0.4, -0.2) is 24.4 Å². The fourth-order valence-corrected chi connectivity index (χ4v) is 3.79. The van der Waals surface area contributed by atoms with Gasteiger partial charge in [0.05, 0.1) is 6.54 Å². The molecule has 3 aromatic carbocycles. The lowest BCUT2D eigenvalue weighted by atomic mass is 9.98. The van der Waals surface area contributed by atoms with Crippen LogP contribution in [0.2, 0.25) is 5.02 Å². The molecule has 0 spiro atoms. The van der Waals surface area contributed by atoms with Crippen molar-refractivity contribution in [2.45, 2.75) is 5.92 Å². The lowest BCUT2D eigenvalue weighted by Crippen LogP contribution is -2.26. The molecule has 0 fully saturated rings. The number of carbonyl (C=O) groups excluding carboxylic acids is 1. The maximum atomic E-state index is 12.1. The number of ether oxygens (including phenoxy) is 1. The topological polar surface area (TPSA) is 58.6 Å². The van der Waals surface area contributed by atoms with Gasteiger partial charge in [0.2, 0.25) is 0 Å². The molecule has 0 saturated heterocycles. The van der Waals surface area contributed by atoms with Crippen LogP contribution >= 0.6 is 11.6 Å². The van der Waals surface area contributed by atoms with Gasteiger partial charge in [0.15, 0.2) is 0 Å². The van der Waals surface area contributed by atoms with Crippen LogP contribution < -0.4 is 5.32 Å². The van der Waals surface area contributed by atoms with E-state index in [-0.39, 0.29) is 24.8 Å². The average molecular weight is 404 g/mol. The van der Waals surface area contributed by atoms with Crippen molar-refractivity contribution >= 4 is 17.7 Å². The Morgan fingerprint density at radius 3 is 2.34 bits per heavy atom. The molecule has 0 aromatic heterocycles. The number of phenols is 1. The number of nitrogens with one attached hydrogen (secondary N) is 1. The van der Waals surface area contributed by atoms with Crippen LogP contribution in [0.3, 0.4) is 0 Å². The van der Waals surface area contributed by atoms with Crippen LogP contribution in [-0.2, 0) is 4.74 Å². The molecule has 0 heterocycles. The van der Waals surface area contributed by atoms with E-state index in [1.807, 2.05) is 24.3 Å². The highest BCUT2D eigenvalue weighted by atomic mass is 35.5. The van der Waals surface area contributed by atoms with Crippen LogP contribution in [0, 0.1) is 11.8 Å². The summed E-state index contributed by atoms with van der Waals surface area (Å²) in [4.78, 5) is 12.1. The molecule has 144 valence electrons. The number of hydrogen-bond donors (Lipinski definition) is 2. The first-order chi connectivity index (χ1) is 14.1. The molecule has 2 N–H and O–H groups in total. The number of carbonyl (C=O) groups is 1. The highest BCUT2D eigenvalue weighted by Crippen LogP contribution is 2.44. The Balaban J connectivity index is 1.35. The second-order valence-electron chi connectivity index (χ2n) is 6.68. The first-order valence-corrected chi connectivity index (χ1v) is 9.57. The van der Waals surface area contributed by atoms with Gasteiger partial charge in [-0.2, -0.15) is 0 Å².